The quantitative estimate of drug-likeness (QED) is 0.799. The number of hydrogen-bond acceptors (Lipinski definition) is 3. The molecule has 0 aliphatic carbocycles. The summed E-state index contributed by atoms with van der Waals surface area (Å²) in [6.45, 7) is 6.27. The van der Waals surface area contributed by atoms with E-state index in [0.29, 0.717) is 13.0 Å². The molecule has 3 atom stereocenters. The first-order valence-corrected chi connectivity index (χ1v) is 5.93. The van der Waals surface area contributed by atoms with Crippen LogP contribution in [-0.4, -0.2) is 47.7 Å². The Morgan fingerprint density at radius 1 is 1.47 bits per heavy atom. The minimum absolute atomic E-state index is 0.00517. The molecule has 1 heterocycles. The molecule has 1 unspecified atom stereocenters. The molecule has 5 heteroatoms. The highest BCUT2D eigenvalue weighted by Crippen LogP contribution is 2.27. The van der Waals surface area contributed by atoms with Gasteiger partial charge in [0.05, 0.1) is 5.92 Å². The summed E-state index contributed by atoms with van der Waals surface area (Å²) in [7, 11) is 1.51. The zero-order valence-corrected chi connectivity index (χ0v) is 10.9. The third kappa shape index (κ3) is 2.60. The second-order valence-corrected chi connectivity index (χ2v) is 4.92. The van der Waals surface area contributed by atoms with Gasteiger partial charge in [0.15, 0.2) is 0 Å². The lowest BCUT2D eigenvalue weighted by atomic mass is 9.99. The molecule has 0 spiro atoms. The van der Waals surface area contributed by atoms with Crippen LogP contribution in [0.3, 0.4) is 0 Å². The zero-order valence-electron chi connectivity index (χ0n) is 10.9. The minimum Gasteiger partial charge on any atom is -0.481 e. The number of carboxylic acid groups (broad SMARTS) is 1. The average molecular weight is 243 g/mol. The Balaban J connectivity index is 2.77. The van der Waals surface area contributed by atoms with Crippen LogP contribution in [0.2, 0.25) is 0 Å². The molecule has 1 saturated heterocycles. The van der Waals surface area contributed by atoms with Crippen molar-refractivity contribution in [2.24, 2.45) is 11.8 Å². The number of hydrogen-bond donors (Lipinski definition) is 1. The first-order valence-electron chi connectivity index (χ1n) is 5.93. The maximum absolute atomic E-state index is 12.3. The third-order valence-electron chi connectivity index (χ3n) is 3.79. The van der Waals surface area contributed by atoms with Gasteiger partial charge in [-0.3, -0.25) is 9.59 Å². The summed E-state index contributed by atoms with van der Waals surface area (Å²) in [6, 6.07) is 0. The van der Waals surface area contributed by atoms with Gasteiger partial charge >= 0.3 is 5.97 Å². The number of carbonyl (C=O) groups is 2. The van der Waals surface area contributed by atoms with Gasteiger partial charge in [-0.25, -0.2) is 0 Å². The molecule has 1 N–H and O–H groups in total. The number of methoxy groups -OCH3 is 1. The Bertz CT molecular complexity index is 312. The smallest absolute Gasteiger partial charge is 0.308 e. The minimum atomic E-state index is -0.840. The lowest BCUT2D eigenvalue weighted by molar-refractivity contribution is -0.152. The molecule has 17 heavy (non-hydrogen) atoms. The first kappa shape index (κ1) is 14.0. The fourth-order valence-electron chi connectivity index (χ4n) is 2.17. The molecule has 0 aromatic heterocycles. The van der Waals surface area contributed by atoms with Crippen molar-refractivity contribution < 1.29 is 19.4 Å². The van der Waals surface area contributed by atoms with Crippen LogP contribution in [0.1, 0.15) is 27.2 Å². The Labute approximate surface area is 102 Å². The van der Waals surface area contributed by atoms with E-state index in [1.807, 2.05) is 13.8 Å². The van der Waals surface area contributed by atoms with E-state index in [2.05, 4.69) is 0 Å². The van der Waals surface area contributed by atoms with E-state index in [-0.39, 0.29) is 18.4 Å². The summed E-state index contributed by atoms with van der Waals surface area (Å²) in [6.07, 6.45) is 0.574. The molecule has 1 fully saturated rings. The van der Waals surface area contributed by atoms with E-state index in [1.165, 1.54) is 7.11 Å². The van der Waals surface area contributed by atoms with Crippen molar-refractivity contribution in [2.75, 3.05) is 20.2 Å². The number of aliphatic carboxylic acids is 1. The highest BCUT2D eigenvalue weighted by Gasteiger charge is 2.42. The highest BCUT2D eigenvalue weighted by molar-refractivity contribution is 5.86. The van der Waals surface area contributed by atoms with Gasteiger partial charge in [-0.15, -0.1) is 0 Å². The number of amides is 1. The van der Waals surface area contributed by atoms with Gasteiger partial charge in [0, 0.05) is 20.2 Å². The van der Waals surface area contributed by atoms with Gasteiger partial charge < -0.3 is 14.7 Å². The molecular formula is C12H21NO4. The Morgan fingerprint density at radius 2 is 2.06 bits per heavy atom. The van der Waals surface area contributed by atoms with Gasteiger partial charge in [-0.1, -0.05) is 13.8 Å². The lowest BCUT2D eigenvalue weighted by Gasteiger charge is -2.30. The van der Waals surface area contributed by atoms with Crippen LogP contribution in [0.5, 0.6) is 0 Å². The molecular weight excluding hydrogens is 222 g/mol. The number of carboxylic acids is 1. The molecule has 0 saturated carbocycles. The van der Waals surface area contributed by atoms with Crippen LogP contribution in [0, 0.1) is 11.8 Å². The molecule has 1 amide bonds. The van der Waals surface area contributed by atoms with Gasteiger partial charge in [-0.05, 0) is 19.3 Å². The summed E-state index contributed by atoms with van der Waals surface area (Å²) in [5.74, 6) is -1.41. The monoisotopic (exact) mass is 243 g/mol. The SMILES string of the molecule is CCC(C)(OC)C(=O)N1C[C@@H](C)[C@H](C(=O)O)C1. The van der Waals surface area contributed by atoms with Crippen molar-refractivity contribution in [2.45, 2.75) is 32.8 Å². The van der Waals surface area contributed by atoms with Crippen LogP contribution in [0.25, 0.3) is 0 Å². The van der Waals surface area contributed by atoms with Crippen LogP contribution in [-0.2, 0) is 14.3 Å². The van der Waals surface area contributed by atoms with Crippen LogP contribution < -0.4 is 0 Å². The van der Waals surface area contributed by atoms with Crippen molar-refractivity contribution in [3.8, 4) is 0 Å². The molecule has 0 radical (unpaired) electrons. The van der Waals surface area contributed by atoms with Crippen molar-refractivity contribution in [1.29, 1.82) is 0 Å². The number of likely N-dealkylation sites (tertiary alicyclic amines) is 1. The van der Waals surface area contributed by atoms with Gasteiger partial charge in [0.25, 0.3) is 5.91 Å². The van der Waals surface area contributed by atoms with E-state index >= 15 is 0 Å². The van der Waals surface area contributed by atoms with Crippen molar-refractivity contribution in [1.82, 2.24) is 4.90 Å². The van der Waals surface area contributed by atoms with E-state index in [9.17, 15) is 9.59 Å². The van der Waals surface area contributed by atoms with Crippen molar-refractivity contribution in [3.05, 3.63) is 0 Å². The number of carbonyl (C=O) groups excluding carboxylic acids is 1. The highest BCUT2D eigenvalue weighted by atomic mass is 16.5. The Hall–Kier alpha value is -1.10. The fraction of sp³-hybridized carbons (Fsp3) is 0.833. The number of nitrogens with zero attached hydrogens (tertiary/aromatic N) is 1. The Kier molecular flexibility index (Phi) is 4.14. The predicted octanol–water partition coefficient (Wildman–Crippen LogP) is 0.981. The predicted molar refractivity (Wildman–Crippen MR) is 62.6 cm³/mol. The maximum atomic E-state index is 12.3. The molecule has 0 bridgehead atoms. The van der Waals surface area contributed by atoms with E-state index in [4.69, 9.17) is 9.84 Å². The van der Waals surface area contributed by atoms with Crippen molar-refractivity contribution >= 4 is 11.9 Å². The molecule has 1 aliphatic rings. The summed E-state index contributed by atoms with van der Waals surface area (Å²) in [5, 5.41) is 9.03. The van der Waals surface area contributed by atoms with Gasteiger partial charge in [-0.2, -0.15) is 0 Å². The molecule has 1 aliphatic heterocycles. The standard InChI is InChI=1S/C12H21NO4/c1-5-12(3,17-4)11(16)13-6-8(2)9(7-13)10(14)15/h8-9H,5-7H2,1-4H3,(H,14,15)/t8-,9-,12?/m1/s1. The zero-order chi connectivity index (χ0) is 13.2. The van der Waals surface area contributed by atoms with Crippen LogP contribution >= 0.6 is 0 Å². The molecule has 0 aromatic carbocycles. The van der Waals surface area contributed by atoms with E-state index < -0.39 is 17.5 Å². The van der Waals surface area contributed by atoms with E-state index in [1.54, 1.807) is 11.8 Å². The number of ether oxygens (including phenoxy) is 1. The molecule has 1 rings (SSSR count). The Morgan fingerprint density at radius 3 is 2.41 bits per heavy atom. The average Bonchev–Trinajstić information content (AvgIpc) is 2.69. The largest absolute Gasteiger partial charge is 0.481 e. The summed E-state index contributed by atoms with van der Waals surface area (Å²) >= 11 is 0. The molecule has 0 aromatic rings. The summed E-state index contributed by atoms with van der Waals surface area (Å²) in [5.41, 5.74) is -0.840. The lowest BCUT2D eigenvalue weighted by Crippen LogP contribution is -2.47. The first-order chi connectivity index (χ1) is 7.85. The second kappa shape index (κ2) is 5.04. The van der Waals surface area contributed by atoms with Crippen LogP contribution in [0.15, 0.2) is 0 Å². The van der Waals surface area contributed by atoms with Crippen molar-refractivity contribution in [3.63, 3.8) is 0 Å². The normalized spacial score (nSPS) is 27.9. The fourth-order valence-corrected chi connectivity index (χ4v) is 2.17. The topological polar surface area (TPSA) is 66.8 Å². The second-order valence-electron chi connectivity index (χ2n) is 4.92. The molecule has 5 nitrogen and oxygen atoms in total. The van der Waals surface area contributed by atoms with Crippen LogP contribution in [0.4, 0.5) is 0 Å². The van der Waals surface area contributed by atoms with E-state index in [0.717, 1.165) is 0 Å². The third-order valence-corrected chi connectivity index (χ3v) is 3.79. The van der Waals surface area contributed by atoms with Gasteiger partial charge in [0.2, 0.25) is 0 Å². The summed E-state index contributed by atoms with van der Waals surface area (Å²) in [4.78, 5) is 24.9. The summed E-state index contributed by atoms with van der Waals surface area (Å²) < 4.78 is 5.25. The number of rotatable bonds is 4. The maximum Gasteiger partial charge on any atom is 0.308 e. The van der Waals surface area contributed by atoms with Gasteiger partial charge in [0.1, 0.15) is 5.60 Å². The molecule has 98 valence electrons.